The van der Waals surface area contributed by atoms with Crippen molar-refractivity contribution in [2.75, 3.05) is 11.9 Å². The summed E-state index contributed by atoms with van der Waals surface area (Å²) in [4.78, 5) is 15.4. The Kier molecular flexibility index (Phi) is 3.11. The van der Waals surface area contributed by atoms with Crippen LogP contribution >= 0.6 is 11.3 Å². The van der Waals surface area contributed by atoms with Crippen LogP contribution in [-0.2, 0) is 13.0 Å². The van der Waals surface area contributed by atoms with Crippen LogP contribution in [0.5, 0.6) is 0 Å². The minimum Gasteiger partial charge on any atom is -0.369 e. The molecule has 6 heteroatoms. The number of aryl methyl sites for hydroxylation is 2. The van der Waals surface area contributed by atoms with Gasteiger partial charge in [0.25, 0.3) is 0 Å². The molecule has 0 aliphatic carbocycles. The summed E-state index contributed by atoms with van der Waals surface area (Å²) in [5.41, 5.74) is 0. The number of thiophene rings is 1. The molecule has 108 valence electrons. The molecule has 3 aromatic rings. The predicted octanol–water partition coefficient (Wildman–Crippen LogP) is 2.87. The first-order valence-corrected chi connectivity index (χ1v) is 8.06. The van der Waals surface area contributed by atoms with E-state index in [1.807, 2.05) is 6.20 Å². The number of anilines is 1. The van der Waals surface area contributed by atoms with E-state index in [0.717, 1.165) is 35.5 Å². The van der Waals surface area contributed by atoms with Crippen LogP contribution < -0.4 is 5.32 Å². The van der Waals surface area contributed by atoms with E-state index in [0.29, 0.717) is 5.92 Å². The van der Waals surface area contributed by atoms with Gasteiger partial charge >= 0.3 is 0 Å². The van der Waals surface area contributed by atoms with Crippen LogP contribution in [0, 0.1) is 12.8 Å². The molecule has 1 aliphatic rings. The SMILES string of the molecule is Cc1cc2c(NC[C@H]3CCc4nccn4C3)ncnc2s1. The van der Waals surface area contributed by atoms with E-state index in [1.165, 1.54) is 17.1 Å². The van der Waals surface area contributed by atoms with E-state index in [2.05, 4.69) is 44.0 Å². The van der Waals surface area contributed by atoms with Gasteiger partial charge in [-0.05, 0) is 25.3 Å². The fraction of sp³-hybridized carbons (Fsp3) is 0.400. The van der Waals surface area contributed by atoms with E-state index in [1.54, 1.807) is 17.7 Å². The fourth-order valence-corrected chi connectivity index (χ4v) is 3.81. The molecule has 0 aromatic carbocycles. The summed E-state index contributed by atoms with van der Waals surface area (Å²) in [5, 5.41) is 4.65. The maximum Gasteiger partial charge on any atom is 0.138 e. The summed E-state index contributed by atoms with van der Waals surface area (Å²) in [7, 11) is 0. The van der Waals surface area contributed by atoms with Gasteiger partial charge in [0, 0.05) is 36.8 Å². The molecule has 0 unspecified atom stereocenters. The third kappa shape index (κ3) is 2.40. The summed E-state index contributed by atoms with van der Waals surface area (Å²) >= 11 is 1.72. The second-order valence-electron chi connectivity index (χ2n) is 5.58. The van der Waals surface area contributed by atoms with Crippen LogP contribution in [0.3, 0.4) is 0 Å². The van der Waals surface area contributed by atoms with Crippen LogP contribution in [-0.4, -0.2) is 26.1 Å². The molecule has 0 bridgehead atoms. The third-order valence-corrected chi connectivity index (χ3v) is 5.00. The van der Waals surface area contributed by atoms with Gasteiger partial charge in [-0.15, -0.1) is 11.3 Å². The zero-order valence-corrected chi connectivity index (χ0v) is 12.7. The van der Waals surface area contributed by atoms with Crippen molar-refractivity contribution in [1.82, 2.24) is 19.5 Å². The van der Waals surface area contributed by atoms with Gasteiger partial charge < -0.3 is 9.88 Å². The highest BCUT2D eigenvalue weighted by atomic mass is 32.1. The molecule has 0 amide bonds. The zero-order chi connectivity index (χ0) is 14.2. The Bertz CT molecular complexity index is 775. The number of nitrogens with zero attached hydrogens (tertiary/aromatic N) is 4. The highest BCUT2D eigenvalue weighted by molar-refractivity contribution is 7.18. The lowest BCUT2D eigenvalue weighted by atomic mass is 9.99. The zero-order valence-electron chi connectivity index (χ0n) is 11.9. The molecule has 0 fully saturated rings. The van der Waals surface area contributed by atoms with Gasteiger partial charge in [-0.25, -0.2) is 15.0 Å². The number of rotatable bonds is 3. The molecule has 1 atom stereocenters. The molecule has 5 nitrogen and oxygen atoms in total. The lowest BCUT2D eigenvalue weighted by molar-refractivity contribution is 0.381. The van der Waals surface area contributed by atoms with Crippen molar-refractivity contribution in [1.29, 1.82) is 0 Å². The number of imidazole rings is 1. The average molecular weight is 299 g/mol. The minimum absolute atomic E-state index is 0.622. The average Bonchev–Trinajstić information content (AvgIpc) is 3.09. The second-order valence-corrected chi connectivity index (χ2v) is 6.81. The van der Waals surface area contributed by atoms with Gasteiger partial charge in [0.05, 0.1) is 5.39 Å². The van der Waals surface area contributed by atoms with Crippen molar-refractivity contribution in [3.63, 3.8) is 0 Å². The van der Waals surface area contributed by atoms with Gasteiger partial charge in [0.15, 0.2) is 0 Å². The van der Waals surface area contributed by atoms with Crippen molar-refractivity contribution in [2.45, 2.75) is 26.3 Å². The standard InChI is InChI=1S/C15H17N5S/c1-10-6-12-14(18-9-19-15(12)21-10)17-7-11-2-3-13-16-4-5-20(13)8-11/h4-6,9,11H,2-3,7-8H2,1H3,(H,17,18,19)/t11-/m1/s1. The van der Waals surface area contributed by atoms with Crippen LogP contribution in [0.2, 0.25) is 0 Å². The highest BCUT2D eigenvalue weighted by Gasteiger charge is 2.19. The predicted molar refractivity (Wildman–Crippen MR) is 84.7 cm³/mol. The molecule has 0 radical (unpaired) electrons. The number of nitrogens with one attached hydrogen (secondary N) is 1. The van der Waals surface area contributed by atoms with Crippen LogP contribution in [0.25, 0.3) is 10.2 Å². The molecule has 0 saturated heterocycles. The summed E-state index contributed by atoms with van der Waals surface area (Å²) in [6.07, 6.45) is 7.87. The lowest BCUT2D eigenvalue weighted by Gasteiger charge is -2.24. The van der Waals surface area contributed by atoms with Gasteiger partial charge in [-0.1, -0.05) is 0 Å². The van der Waals surface area contributed by atoms with Gasteiger partial charge in [-0.2, -0.15) is 0 Å². The Morgan fingerprint density at radius 3 is 3.29 bits per heavy atom. The molecule has 0 saturated carbocycles. The van der Waals surface area contributed by atoms with E-state index in [9.17, 15) is 0 Å². The Labute approximate surface area is 127 Å². The van der Waals surface area contributed by atoms with Gasteiger partial charge in [-0.3, -0.25) is 0 Å². The summed E-state index contributed by atoms with van der Waals surface area (Å²) in [5.74, 6) is 2.79. The smallest absolute Gasteiger partial charge is 0.138 e. The van der Waals surface area contributed by atoms with Gasteiger partial charge in [0.2, 0.25) is 0 Å². The number of fused-ring (bicyclic) bond motifs is 2. The van der Waals surface area contributed by atoms with E-state index in [-0.39, 0.29) is 0 Å². The fourth-order valence-electron chi connectivity index (χ4n) is 2.96. The Morgan fingerprint density at radius 1 is 1.38 bits per heavy atom. The second kappa shape index (κ2) is 5.11. The molecule has 4 heterocycles. The molecular weight excluding hydrogens is 282 g/mol. The number of hydrogen-bond donors (Lipinski definition) is 1. The number of aromatic nitrogens is 4. The molecule has 21 heavy (non-hydrogen) atoms. The minimum atomic E-state index is 0.622. The molecular formula is C15H17N5S. The lowest BCUT2D eigenvalue weighted by Crippen LogP contribution is -2.26. The van der Waals surface area contributed by atoms with E-state index in [4.69, 9.17) is 0 Å². The van der Waals surface area contributed by atoms with E-state index < -0.39 is 0 Å². The summed E-state index contributed by atoms with van der Waals surface area (Å²) in [6, 6.07) is 2.16. The maximum atomic E-state index is 4.40. The molecule has 3 aromatic heterocycles. The topological polar surface area (TPSA) is 55.6 Å². The van der Waals surface area contributed by atoms with E-state index >= 15 is 0 Å². The first-order chi connectivity index (χ1) is 10.3. The molecule has 4 rings (SSSR count). The van der Waals surface area contributed by atoms with Crippen LogP contribution in [0.1, 0.15) is 17.1 Å². The Hall–Kier alpha value is -1.95. The molecule has 0 spiro atoms. The van der Waals surface area contributed by atoms with Crippen molar-refractivity contribution < 1.29 is 0 Å². The van der Waals surface area contributed by atoms with Gasteiger partial charge in [0.1, 0.15) is 22.8 Å². The monoisotopic (exact) mass is 299 g/mol. The first-order valence-electron chi connectivity index (χ1n) is 7.24. The third-order valence-electron chi connectivity index (χ3n) is 4.04. The van der Waals surface area contributed by atoms with Crippen molar-refractivity contribution >= 4 is 27.4 Å². The summed E-state index contributed by atoms with van der Waals surface area (Å²) in [6.45, 7) is 4.09. The molecule has 1 N–H and O–H groups in total. The maximum absolute atomic E-state index is 4.40. The summed E-state index contributed by atoms with van der Waals surface area (Å²) < 4.78 is 2.26. The quantitative estimate of drug-likeness (QED) is 0.808. The largest absolute Gasteiger partial charge is 0.369 e. The normalized spacial score (nSPS) is 17.9. The molecule has 1 aliphatic heterocycles. The van der Waals surface area contributed by atoms with Crippen LogP contribution in [0.15, 0.2) is 24.8 Å². The van der Waals surface area contributed by atoms with Crippen molar-refractivity contribution in [2.24, 2.45) is 5.92 Å². The van der Waals surface area contributed by atoms with Crippen molar-refractivity contribution in [3.8, 4) is 0 Å². The van der Waals surface area contributed by atoms with Crippen LogP contribution in [0.4, 0.5) is 5.82 Å². The van der Waals surface area contributed by atoms with Crippen molar-refractivity contribution in [3.05, 3.63) is 35.5 Å². The Balaban J connectivity index is 1.49. The number of hydrogen-bond acceptors (Lipinski definition) is 5. The highest BCUT2D eigenvalue weighted by Crippen LogP contribution is 2.28. The first kappa shape index (κ1) is 12.8. The Morgan fingerprint density at radius 2 is 2.33 bits per heavy atom.